The van der Waals surface area contributed by atoms with Gasteiger partial charge in [0.1, 0.15) is 5.69 Å². The van der Waals surface area contributed by atoms with Crippen LogP contribution < -0.4 is 0 Å². The highest BCUT2D eigenvalue weighted by Crippen LogP contribution is 2.31. The Labute approximate surface area is 82.9 Å². The van der Waals surface area contributed by atoms with E-state index in [0.717, 1.165) is 0 Å². The van der Waals surface area contributed by atoms with E-state index in [1.54, 1.807) is 13.2 Å². The molecule has 0 amide bonds. The van der Waals surface area contributed by atoms with Crippen molar-refractivity contribution in [3.05, 3.63) is 17.5 Å². The summed E-state index contributed by atoms with van der Waals surface area (Å²) in [5.74, 6) is 0.462. The van der Waals surface area contributed by atoms with Gasteiger partial charge in [0.25, 0.3) is 6.43 Å². The zero-order valence-electron chi connectivity index (χ0n) is 8.96. The first-order chi connectivity index (χ1) is 6.43. The Morgan fingerprint density at radius 1 is 1.29 bits per heavy atom. The van der Waals surface area contributed by atoms with Crippen LogP contribution >= 0.6 is 0 Å². The second-order valence-electron chi connectivity index (χ2n) is 3.98. The van der Waals surface area contributed by atoms with Gasteiger partial charge in [0.05, 0.1) is 0 Å². The highest BCUT2D eigenvalue weighted by molar-refractivity contribution is 5.22. The molecule has 0 bridgehead atoms. The van der Waals surface area contributed by atoms with Gasteiger partial charge < -0.3 is 0 Å². The molecule has 2 nitrogen and oxygen atoms in total. The van der Waals surface area contributed by atoms with E-state index in [1.807, 2.05) is 20.8 Å². The van der Waals surface area contributed by atoms with Crippen LogP contribution in [0, 0.1) is 5.92 Å². The molecule has 0 aliphatic heterocycles. The van der Waals surface area contributed by atoms with E-state index < -0.39 is 6.43 Å². The lowest BCUT2D eigenvalue weighted by atomic mass is 9.91. The fourth-order valence-corrected chi connectivity index (χ4v) is 1.40. The smallest absolute Gasteiger partial charge is 0.275 e. The van der Waals surface area contributed by atoms with Crippen molar-refractivity contribution in [3.8, 4) is 0 Å². The summed E-state index contributed by atoms with van der Waals surface area (Å²) < 4.78 is 26.6. The van der Waals surface area contributed by atoms with Gasteiger partial charge in [-0.25, -0.2) is 8.78 Å². The summed E-state index contributed by atoms with van der Waals surface area (Å²) in [6.07, 6.45) is -0.793. The standard InChI is InChI=1S/C10H16F2N2/c1-6(2)7(3)8-5-14(4)13-9(8)10(11)12/h5-7,10H,1-4H3. The van der Waals surface area contributed by atoms with Crippen molar-refractivity contribution in [1.82, 2.24) is 9.78 Å². The molecular formula is C10H16F2N2. The molecule has 1 aromatic heterocycles. The number of hydrogen-bond acceptors (Lipinski definition) is 1. The van der Waals surface area contributed by atoms with Gasteiger partial charge in [-0.3, -0.25) is 4.68 Å². The maximum Gasteiger partial charge on any atom is 0.282 e. The normalized spacial score (nSPS) is 14.0. The molecule has 1 rings (SSSR count). The number of hydrogen-bond donors (Lipinski definition) is 0. The molecule has 1 aromatic rings. The number of aromatic nitrogens is 2. The summed E-state index contributed by atoms with van der Waals surface area (Å²) >= 11 is 0. The molecular weight excluding hydrogens is 186 g/mol. The predicted octanol–water partition coefficient (Wildman–Crippen LogP) is 3.12. The van der Waals surface area contributed by atoms with E-state index in [4.69, 9.17) is 0 Å². The van der Waals surface area contributed by atoms with Crippen LogP contribution in [0.5, 0.6) is 0 Å². The van der Waals surface area contributed by atoms with E-state index >= 15 is 0 Å². The van der Waals surface area contributed by atoms with E-state index in [2.05, 4.69) is 5.10 Å². The minimum absolute atomic E-state index is 0.0753. The first kappa shape index (κ1) is 11.1. The Balaban J connectivity index is 3.06. The molecule has 4 heteroatoms. The van der Waals surface area contributed by atoms with Crippen LogP contribution in [0.25, 0.3) is 0 Å². The van der Waals surface area contributed by atoms with E-state index in [9.17, 15) is 8.78 Å². The monoisotopic (exact) mass is 202 g/mol. The molecule has 0 saturated carbocycles. The third-order valence-corrected chi connectivity index (χ3v) is 2.58. The van der Waals surface area contributed by atoms with Crippen molar-refractivity contribution >= 4 is 0 Å². The van der Waals surface area contributed by atoms with Gasteiger partial charge in [-0.2, -0.15) is 5.10 Å². The first-order valence-corrected chi connectivity index (χ1v) is 4.75. The SMILES string of the molecule is CC(C)C(C)c1cn(C)nc1C(F)F. The van der Waals surface area contributed by atoms with Crippen molar-refractivity contribution in [1.29, 1.82) is 0 Å². The van der Waals surface area contributed by atoms with Crippen molar-refractivity contribution in [2.45, 2.75) is 33.1 Å². The lowest BCUT2D eigenvalue weighted by Crippen LogP contribution is -2.04. The Bertz CT molecular complexity index is 305. The average molecular weight is 202 g/mol. The fourth-order valence-electron chi connectivity index (χ4n) is 1.40. The zero-order chi connectivity index (χ0) is 10.9. The largest absolute Gasteiger partial charge is 0.282 e. The van der Waals surface area contributed by atoms with E-state index in [0.29, 0.717) is 11.5 Å². The molecule has 0 aliphatic rings. The number of rotatable bonds is 3. The quantitative estimate of drug-likeness (QED) is 0.736. The Hall–Kier alpha value is -0.930. The summed E-state index contributed by atoms with van der Waals surface area (Å²) in [6, 6.07) is 0. The molecule has 1 atom stereocenters. The summed E-state index contributed by atoms with van der Waals surface area (Å²) in [5.41, 5.74) is 0.589. The Morgan fingerprint density at radius 3 is 2.29 bits per heavy atom. The van der Waals surface area contributed by atoms with Gasteiger partial charge >= 0.3 is 0 Å². The molecule has 14 heavy (non-hydrogen) atoms. The molecule has 0 aliphatic carbocycles. The van der Waals surface area contributed by atoms with Crippen molar-refractivity contribution < 1.29 is 8.78 Å². The van der Waals surface area contributed by atoms with Gasteiger partial charge in [0, 0.05) is 18.8 Å². The van der Waals surface area contributed by atoms with Crippen LogP contribution in [0.4, 0.5) is 8.78 Å². The minimum atomic E-state index is -2.48. The van der Waals surface area contributed by atoms with Gasteiger partial charge in [0.2, 0.25) is 0 Å². The Morgan fingerprint density at radius 2 is 1.86 bits per heavy atom. The molecule has 0 spiro atoms. The molecule has 0 fully saturated rings. The van der Waals surface area contributed by atoms with Crippen LogP contribution in [0.15, 0.2) is 6.20 Å². The van der Waals surface area contributed by atoms with Gasteiger partial charge in [-0.05, 0) is 11.8 Å². The summed E-state index contributed by atoms with van der Waals surface area (Å²) in [4.78, 5) is 0. The van der Waals surface area contributed by atoms with Crippen LogP contribution in [0.3, 0.4) is 0 Å². The first-order valence-electron chi connectivity index (χ1n) is 4.75. The molecule has 0 N–H and O–H groups in total. The second-order valence-corrected chi connectivity index (χ2v) is 3.98. The third-order valence-electron chi connectivity index (χ3n) is 2.58. The third kappa shape index (κ3) is 2.11. The molecule has 0 aromatic carbocycles. The lowest BCUT2D eigenvalue weighted by molar-refractivity contribution is 0.143. The van der Waals surface area contributed by atoms with Gasteiger partial charge in [-0.15, -0.1) is 0 Å². The topological polar surface area (TPSA) is 17.8 Å². The van der Waals surface area contributed by atoms with E-state index in [-0.39, 0.29) is 11.6 Å². The second kappa shape index (κ2) is 4.07. The molecule has 80 valence electrons. The molecule has 1 unspecified atom stereocenters. The van der Waals surface area contributed by atoms with Crippen LogP contribution in [0.1, 0.15) is 44.4 Å². The van der Waals surface area contributed by atoms with Crippen LogP contribution in [-0.4, -0.2) is 9.78 Å². The van der Waals surface area contributed by atoms with E-state index in [1.165, 1.54) is 4.68 Å². The minimum Gasteiger partial charge on any atom is -0.275 e. The molecule has 0 saturated heterocycles. The van der Waals surface area contributed by atoms with Crippen molar-refractivity contribution in [3.63, 3.8) is 0 Å². The highest BCUT2D eigenvalue weighted by atomic mass is 19.3. The summed E-state index contributed by atoms with van der Waals surface area (Å²) in [6.45, 7) is 5.99. The number of alkyl halides is 2. The van der Waals surface area contributed by atoms with Crippen LogP contribution in [-0.2, 0) is 7.05 Å². The fraction of sp³-hybridized carbons (Fsp3) is 0.700. The highest BCUT2D eigenvalue weighted by Gasteiger charge is 2.22. The maximum atomic E-state index is 12.6. The van der Waals surface area contributed by atoms with Gasteiger partial charge in [0.15, 0.2) is 0 Å². The van der Waals surface area contributed by atoms with Crippen molar-refractivity contribution in [2.75, 3.05) is 0 Å². The molecule has 1 heterocycles. The summed E-state index contributed by atoms with van der Waals surface area (Å²) in [7, 11) is 1.67. The summed E-state index contributed by atoms with van der Waals surface area (Å²) in [5, 5.41) is 3.78. The number of aryl methyl sites for hydroxylation is 1. The maximum absolute atomic E-state index is 12.6. The van der Waals surface area contributed by atoms with Crippen molar-refractivity contribution in [2.24, 2.45) is 13.0 Å². The number of nitrogens with zero attached hydrogens (tertiary/aromatic N) is 2. The lowest BCUT2D eigenvalue weighted by Gasteiger charge is -2.14. The number of halogens is 2. The van der Waals surface area contributed by atoms with Crippen LogP contribution in [0.2, 0.25) is 0 Å². The zero-order valence-corrected chi connectivity index (χ0v) is 8.96. The Kier molecular flexibility index (Phi) is 3.24. The predicted molar refractivity (Wildman–Crippen MR) is 51.4 cm³/mol. The average Bonchev–Trinajstić information content (AvgIpc) is 2.45. The molecule has 0 radical (unpaired) electrons. The van der Waals surface area contributed by atoms with Gasteiger partial charge in [-0.1, -0.05) is 20.8 Å².